The lowest BCUT2D eigenvalue weighted by Crippen LogP contribution is -2.50. The number of benzene rings is 2. The zero-order valence-corrected chi connectivity index (χ0v) is 20.9. The van der Waals surface area contributed by atoms with Gasteiger partial charge in [-0.25, -0.2) is 4.39 Å². The number of carbonyl (C=O) groups excluding carboxylic acids is 2. The maximum absolute atomic E-state index is 13.3. The van der Waals surface area contributed by atoms with E-state index in [9.17, 15) is 14.0 Å². The number of nitrogens with zero attached hydrogens (tertiary/aromatic N) is 1. The molecule has 0 spiro atoms. The van der Waals surface area contributed by atoms with Gasteiger partial charge in [-0.05, 0) is 47.7 Å². The minimum absolute atomic E-state index is 0.163. The highest BCUT2D eigenvalue weighted by Crippen LogP contribution is 2.28. The molecule has 0 heterocycles. The van der Waals surface area contributed by atoms with E-state index >= 15 is 0 Å². The maximum atomic E-state index is 13.3. The van der Waals surface area contributed by atoms with E-state index in [0.29, 0.717) is 34.7 Å². The second kappa shape index (κ2) is 13.1. The van der Waals surface area contributed by atoms with Crippen molar-refractivity contribution in [2.75, 3.05) is 12.3 Å². The van der Waals surface area contributed by atoms with E-state index in [1.165, 1.54) is 23.9 Å². The molecular formula is C24H29Cl2FN2O2S. The first-order chi connectivity index (χ1) is 15.2. The molecule has 4 nitrogen and oxygen atoms in total. The first-order valence-electron chi connectivity index (χ1n) is 10.5. The summed E-state index contributed by atoms with van der Waals surface area (Å²) in [6.45, 7) is 6.66. The molecule has 2 aromatic rings. The van der Waals surface area contributed by atoms with Crippen molar-refractivity contribution in [1.29, 1.82) is 0 Å². The predicted molar refractivity (Wildman–Crippen MR) is 132 cm³/mol. The van der Waals surface area contributed by atoms with Gasteiger partial charge in [-0.2, -0.15) is 0 Å². The molecule has 2 amide bonds. The summed E-state index contributed by atoms with van der Waals surface area (Å²) in [6.07, 6.45) is 0.470. The Balaban J connectivity index is 2.15. The van der Waals surface area contributed by atoms with E-state index in [0.717, 1.165) is 11.1 Å². The minimum Gasteiger partial charge on any atom is -0.354 e. The highest BCUT2D eigenvalue weighted by atomic mass is 35.5. The lowest BCUT2D eigenvalue weighted by Gasteiger charge is -2.31. The summed E-state index contributed by atoms with van der Waals surface area (Å²) < 4.78 is 13.3. The lowest BCUT2D eigenvalue weighted by molar-refractivity contribution is -0.139. The molecule has 1 unspecified atom stereocenters. The molecule has 0 fully saturated rings. The Morgan fingerprint density at radius 2 is 1.72 bits per heavy atom. The molecule has 8 heteroatoms. The zero-order chi connectivity index (χ0) is 23.7. The van der Waals surface area contributed by atoms with Gasteiger partial charge in [0.25, 0.3) is 0 Å². The van der Waals surface area contributed by atoms with Crippen molar-refractivity contribution in [2.45, 2.75) is 45.5 Å². The Morgan fingerprint density at radius 3 is 2.28 bits per heavy atom. The van der Waals surface area contributed by atoms with Crippen molar-refractivity contribution < 1.29 is 14.0 Å². The summed E-state index contributed by atoms with van der Waals surface area (Å²) in [5, 5.41) is 4.04. The number of amides is 2. The third kappa shape index (κ3) is 7.98. The maximum Gasteiger partial charge on any atom is 0.242 e. The molecule has 174 valence electrons. The summed E-state index contributed by atoms with van der Waals surface area (Å²) in [6, 6.07) is 10.6. The molecule has 1 atom stereocenters. The average molecular weight is 499 g/mol. The van der Waals surface area contributed by atoms with E-state index in [-0.39, 0.29) is 29.9 Å². The highest BCUT2D eigenvalue weighted by Gasteiger charge is 2.28. The van der Waals surface area contributed by atoms with Crippen LogP contribution in [-0.2, 0) is 21.9 Å². The van der Waals surface area contributed by atoms with Crippen molar-refractivity contribution >= 4 is 46.8 Å². The molecule has 0 saturated heterocycles. The molecule has 0 aliphatic heterocycles. The van der Waals surface area contributed by atoms with Crippen LogP contribution in [0, 0.1) is 11.7 Å². The van der Waals surface area contributed by atoms with Crippen LogP contribution in [0.2, 0.25) is 10.0 Å². The molecule has 2 aromatic carbocycles. The van der Waals surface area contributed by atoms with Crippen molar-refractivity contribution in [3.8, 4) is 0 Å². The van der Waals surface area contributed by atoms with Crippen molar-refractivity contribution in [2.24, 2.45) is 5.92 Å². The summed E-state index contributed by atoms with van der Waals surface area (Å²) >= 11 is 13.8. The first-order valence-corrected chi connectivity index (χ1v) is 12.5. The molecule has 0 aliphatic carbocycles. The molecule has 2 rings (SSSR count). The number of rotatable bonds is 11. The van der Waals surface area contributed by atoms with E-state index in [1.807, 2.05) is 20.8 Å². The third-order valence-electron chi connectivity index (χ3n) is 4.87. The summed E-state index contributed by atoms with van der Waals surface area (Å²) in [5.74, 6) is 0.237. The lowest BCUT2D eigenvalue weighted by atomic mass is 10.1. The van der Waals surface area contributed by atoms with Gasteiger partial charge in [-0.15, -0.1) is 11.8 Å². The Hall–Kier alpha value is -1.76. The fourth-order valence-corrected chi connectivity index (χ4v) is 4.77. The topological polar surface area (TPSA) is 49.4 Å². The zero-order valence-electron chi connectivity index (χ0n) is 18.5. The van der Waals surface area contributed by atoms with Gasteiger partial charge in [-0.3, -0.25) is 9.59 Å². The van der Waals surface area contributed by atoms with Gasteiger partial charge >= 0.3 is 0 Å². The van der Waals surface area contributed by atoms with Crippen molar-refractivity contribution in [3.63, 3.8) is 0 Å². The summed E-state index contributed by atoms with van der Waals surface area (Å²) in [7, 11) is 0. The Labute approximate surface area is 203 Å². The van der Waals surface area contributed by atoms with Crippen LogP contribution in [0.1, 0.15) is 38.3 Å². The number of hydrogen-bond acceptors (Lipinski definition) is 3. The molecule has 0 aliphatic rings. The second-order valence-corrected chi connectivity index (χ2v) is 9.70. The number of halogens is 3. The van der Waals surface area contributed by atoms with E-state index in [4.69, 9.17) is 23.2 Å². The average Bonchev–Trinajstić information content (AvgIpc) is 2.75. The van der Waals surface area contributed by atoms with Crippen LogP contribution in [0.4, 0.5) is 4.39 Å². The standard InChI is InChI=1S/C24H29Cl2FN2O2S/c1-4-22(24(31)28-12-16(2)3)29(13-17-8-10-18(27)11-9-17)23(30)15-32-14-19-20(25)6-5-7-21(19)26/h5-11,16,22H,4,12-15H2,1-3H3,(H,28,31). The van der Waals surface area contributed by atoms with Gasteiger partial charge in [0.05, 0.1) is 5.75 Å². The van der Waals surface area contributed by atoms with Crippen LogP contribution in [0.15, 0.2) is 42.5 Å². The van der Waals surface area contributed by atoms with Crippen LogP contribution in [0.25, 0.3) is 0 Å². The van der Waals surface area contributed by atoms with Gasteiger partial charge in [0, 0.05) is 28.9 Å². The molecule has 0 bridgehead atoms. The molecule has 0 saturated carbocycles. The summed E-state index contributed by atoms with van der Waals surface area (Å²) in [4.78, 5) is 27.6. The number of carbonyl (C=O) groups is 2. The van der Waals surface area contributed by atoms with Crippen molar-refractivity contribution in [1.82, 2.24) is 10.2 Å². The van der Waals surface area contributed by atoms with Crippen LogP contribution < -0.4 is 5.32 Å². The molecule has 1 N–H and O–H groups in total. The fraction of sp³-hybridized carbons (Fsp3) is 0.417. The van der Waals surface area contributed by atoms with Crippen LogP contribution >= 0.6 is 35.0 Å². The van der Waals surface area contributed by atoms with Crippen molar-refractivity contribution in [3.05, 3.63) is 69.5 Å². The number of thioether (sulfide) groups is 1. The first kappa shape index (κ1) is 26.5. The third-order valence-corrected chi connectivity index (χ3v) is 6.52. The van der Waals surface area contributed by atoms with Gasteiger partial charge in [0.2, 0.25) is 11.8 Å². The predicted octanol–water partition coefficient (Wildman–Crippen LogP) is 5.95. The Bertz CT molecular complexity index is 889. The smallest absolute Gasteiger partial charge is 0.242 e. The van der Waals surface area contributed by atoms with Gasteiger partial charge in [-0.1, -0.05) is 62.2 Å². The normalized spacial score (nSPS) is 12.0. The Morgan fingerprint density at radius 1 is 1.09 bits per heavy atom. The Kier molecular flexibility index (Phi) is 10.8. The number of hydrogen-bond donors (Lipinski definition) is 1. The van der Waals surface area contributed by atoms with E-state index in [1.54, 1.807) is 35.2 Å². The SMILES string of the molecule is CCC(C(=O)NCC(C)C)N(Cc1ccc(F)cc1)C(=O)CSCc1c(Cl)cccc1Cl. The molecule has 0 aromatic heterocycles. The summed E-state index contributed by atoms with van der Waals surface area (Å²) in [5.41, 5.74) is 1.54. The monoisotopic (exact) mass is 498 g/mol. The van der Waals surface area contributed by atoms with Crippen LogP contribution in [0.3, 0.4) is 0 Å². The molecule has 0 radical (unpaired) electrons. The minimum atomic E-state index is -0.615. The quantitative estimate of drug-likeness (QED) is 0.416. The van der Waals surface area contributed by atoms with Crippen LogP contribution in [0.5, 0.6) is 0 Å². The van der Waals surface area contributed by atoms with E-state index in [2.05, 4.69) is 5.32 Å². The van der Waals surface area contributed by atoms with Gasteiger partial charge in [0.15, 0.2) is 0 Å². The molecule has 32 heavy (non-hydrogen) atoms. The van der Waals surface area contributed by atoms with E-state index < -0.39 is 6.04 Å². The molecular weight excluding hydrogens is 470 g/mol. The largest absolute Gasteiger partial charge is 0.354 e. The number of nitrogens with one attached hydrogen (secondary N) is 1. The highest BCUT2D eigenvalue weighted by molar-refractivity contribution is 7.99. The van der Waals surface area contributed by atoms with Gasteiger partial charge in [0.1, 0.15) is 11.9 Å². The fourth-order valence-electron chi connectivity index (χ4n) is 3.12. The second-order valence-electron chi connectivity index (χ2n) is 7.90. The van der Waals surface area contributed by atoms with Crippen LogP contribution in [-0.4, -0.2) is 35.1 Å². The van der Waals surface area contributed by atoms with Gasteiger partial charge < -0.3 is 10.2 Å².